The lowest BCUT2D eigenvalue weighted by molar-refractivity contribution is -0.146. The van der Waals surface area contributed by atoms with Crippen molar-refractivity contribution in [2.45, 2.75) is 45.8 Å². The van der Waals surface area contributed by atoms with Gasteiger partial charge in [0.2, 0.25) is 5.91 Å². The van der Waals surface area contributed by atoms with Crippen molar-refractivity contribution in [1.82, 2.24) is 19.4 Å². The third-order valence-electron chi connectivity index (χ3n) is 6.38. The number of methoxy groups -OCH3 is 1. The molecule has 0 unspecified atom stereocenters. The van der Waals surface area contributed by atoms with Crippen molar-refractivity contribution in [1.29, 1.82) is 0 Å². The zero-order valence-corrected chi connectivity index (χ0v) is 17.2. The van der Waals surface area contributed by atoms with Gasteiger partial charge in [-0.25, -0.2) is 9.37 Å². The molecule has 1 aromatic carbocycles. The lowest BCUT2D eigenvalue weighted by Crippen LogP contribution is -2.49. The number of ether oxygens (including phenoxy) is 1. The number of hydrogen-bond donors (Lipinski definition) is 0. The van der Waals surface area contributed by atoms with Gasteiger partial charge in [-0.2, -0.15) is 0 Å². The molecule has 7 heteroatoms. The highest BCUT2D eigenvalue weighted by Crippen LogP contribution is 2.41. The van der Waals surface area contributed by atoms with Crippen LogP contribution in [-0.2, 0) is 24.4 Å². The second-order valence-corrected chi connectivity index (χ2v) is 8.16. The van der Waals surface area contributed by atoms with E-state index in [1.807, 2.05) is 17.3 Å². The monoisotopic (exact) mass is 400 g/mol. The van der Waals surface area contributed by atoms with E-state index in [-0.39, 0.29) is 17.1 Å². The molecule has 1 amide bonds. The molecule has 2 aliphatic rings. The summed E-state index contributed by atoms with van der Waals surface area (Å²) in [6.45, 7) is 6.38. The number of benzene rings is 1. The van der Waals surface area contributed by atoms with Crippen molar-refractivity contribution in [3.8, 4) is 5.75 Å². The molecule has 156 valence electrons. The summed E-state index contributed by atoms with van der Waals surface area (Å²) in [4.78, 5) is 22.1. The second kappa shape index (κ2) is 8.14. The molecule has 6 nitrogen and oxygen atoms in total. The third kappa shape index (κ3) is 3.88. The van der Waals surface area contributed by atoms with E-state index in [1.165, 1.54) is 6.07 Å². The van der Waals surface area contributed by atoms with E-state index in [2.05, 4.69) is 21.4 Å². The number of rotatable bonds is 6. The van der Waals surface area contributed by atoms with Gasteiger partial charge in [-0.1, -0.05) is 0 Å². The molecule has 1 atom stereocenters. The molecule has 2 aromatic rings. The van der Waals surface area contributed by atoms with E-state index >= 15 is 0 Å². The number of aromatic nitrogens is 2. The van der Waals surface area contributed by atoms with Crippen molar-refractivity contribution in [3.05, 3.63) is 47.8 Å². The zero-order chi connectivity index (χ0) is 20.4. The van der Waals surface area contributed by atoms with Crippen LogP contribution in [0.2, 0.25) is 0 Å². The third-order valence-corrected chi connectivity index (χ3v) is 6.38. The van der Waals surface area contributed by atoms with Crippen molar-refractivity contribution >= 4 is 5.91 Å². The molecule has 2 aliphatic heterocycles. The van der Waals surface area contributed by atoms with Gasteiger partial charge in [-0.3, -0.25) is 9.69 Å². The summed E-state index contributed by atoms with van der Waals surface area (Å²) in [5.41, 5.74) is 0.159. The van der Waals surface area contributed by atoms with Crippen LogP contribution in [0.5, 0.6) is 5.75 Å². The van der Waals surface area contributed by atoms with Gasteiger partial charge in [-0.15, -0.1) is 0 Å². The number of imidazole rings is 1. The molecule has 29 heavy (non-hydrogen) atoms. The van der Waals surface area contributed by atoms with Gasteiger partial charge in [0.1, 0.15) is 17.4 Å². The summed E-state index contributed by atoms with van der Waals surface area (Å²) in [7, 11) is 1.56. The molecule has 2 fully saturated rings. The maximum absolute atomic E-state index is 14.3. The molecule has 4 rings (SSSR count). The number of piperidine rings is 1. The van der Waals surface area contributed by atoms with Gasteiger partial charge in [0.15, 0.2) is 0 Å². The number of amides is 1. The Morgan fingerprint density at radius 1 is 1.24 bits per heavy atom. The fraction of sp³-hybridized carbons (Fsp3) is 0.545. The molecule has 1 spiro atoms. The standard InChI is InChI=1S/C22H29FN4O2/c1-3-26-12-9-24-20(26)15-25-11-8-22(16-25)7-4-10-27(21(22)28)14-17-13-18(29-2)5-6-19(17)23/h5-6,9,12-13H,3-4,7-8,10-11,14-16H2,1-2H3/t22-/m0/s1. The van der Waals surface area contributed by atoms with E-state index in [4.69, 9.17) is 4.74 Å². The van der Waals surface area contributed by atoms with Crippen LogP contribution in [0, 0.1) is 11.2 Å². The maximum Gasteiger partial charge on any atom is 0.230 e. The van der Waals surface area contributed by atoms with E-state index in [0.29, 0.717) is 24.4 Å². The zero-order valence-electron chi connectivity index (χ0n) is 17.2. The van der Waals surface area contributed by atoms with Crippen LogP contribution in [0.25, 0.3) is 0 Å². The predicted molar refractivity (Wildman–Crippen MR) is 108 cm³/mol. The van der Waals surface area contributed by atoms with Crippen LogP contribution in [0.4, 0.5) is 4.39 Å². The highest BCUT2D eigenvalue weighted by Gasteiger charge is 2.48. The number of carbonyl (C=O) groups excluding carboxylic acids is 1. The van der Waals surface area contributed by atoms with Crippen molar-refractivity contribution in [3.63, 3.8) is 0 Å². The Labute approximate surface area is 171 Å². The van der Waals surface area contributed by atoms with E-state index in [9.17, 15) is 9.18 Å². The summed E-state index contributed by atoms with van der Waals surface area (Å²) in [5.74, 6) is 1.52. The van der Waals surface area contributed by atoms with Gasteiger partial charge >= 0.3 is 0 Å². The molecule has 2 saturated heterocycles. The molecular formula is C22H29FN4O2. The molecule has 0 radical (unpaired) electrons. The normalized spacial score (nSPS) is 22.6. The van der Waals surface area contributed by atoms with Gasteiger partial charge < -0.3 is 14.2 Å². The second-order valence-electron chi connectivity index (χ2n) is 8.16. The maximum atomic E-state index is 14.3. The van der Waals surface area contributed by atoms with E-state index in [0.717, 1.165) is 51.3 Å². The topological polar surface area (TPSA) is 50.6 Å². The van der Waals surface area contributed by atoms with E-state index < -0.39 is 0 Å². The average Bonchev–Trinajstić information content (AvgIpc) is 3.35. The number of aryl methyl sites for hydroxylation is 1. The molecule has 0 saturated carbocycles. The van der Waals surface area contributed by atoms with Crippen molar-refractivity contribution in [2.24, 2.45) is 5.41 Å². The number of hydrogen-bond acceptors (Lipinski definition) is 4. The van der Waals surface area contributed by atoms with Crippen molar-refractivity contribution in [2.75, 3.05) is 26.7 Å². The predicted octanol–water partition coefficient (Wildman–Crippen LogP) is 3.07. The first-order valence-electron chi connectivity index (χ1n) is 10.4. The Bertz CT molecular complexity index is 883. The van der Waals surface area contributed by atoms with Crippen LogP contribution in [-0.4, -0.2) is 52.0 Å². The fourth-order valence-electron chi connectivity index (χ4n) is 4.76. The van der Waals surface area contributed by atoms with Gasteiger partial charge in [0.05, 0.1) is 19.1 Å². The van der Waals surface area contributed by atoms with E-state index in [1.54, 1.807) is 19.2 Å². The summed E-state index contributed by atoms with van der Waals surface area (Å²) in [6.07, 6.45) is 6.55. The van der Waals surface area contributed by atoms with Crippen LogP contribution in [0.1, 0.15) is 37.6 Å². The van der Waals surface area contributed by atoms with Gasteiger partial charge in [0, 0.05) is 44.1 Å². The molecule has 0 N–H and O–H groups in total. The van der Waals surface area contributed by atoms with Crippen LogP contribution >= 0.6 is 0 Å². The fourth-order valence-corrected chi connectivity index (χ4v) is 4.76. The molecule has 0 bridgehead atoms. The van der Waals surface area contributed by atoms with Crippen LogP contribution < -0.4 is 4.74 Å². The van der Waals surface area contributed by atoms with Crippen molar-refractivity contribution < 1.29 is 13.9 Å². The van der Waals surface area contributed by atoms with Crippen LogP contribution in [0.15, 0.2) is 30.6 Å². The number of nitrogens with zero attached hydrogens (tertiary/aromatic N) is 4. The smallest absolute Gasteiger partial charge is 0.230 e. The lowest BCUT2D eigenvalue weighted by Gasteiger charge is -2.39. The van der Waals surface area contributed by atoms with Gasteiger partial charge in [0.25, 0.3) is 0 Å². The number of likely N-dealkylation sites (tertiary alicyclic amines) is 2. The Kier molecular flexibility index (Phi) is 5.58. The molecular weight excluding hydrogens is 371 g/mol. The highest BCUT2D eigenvalue weighted by molar-refractivity contribution is 5.84. The minimum absolute atomic E-state index is 0.160. The molecule has 0 aliphatic carbocycles. The van der Waals surface area contributed by atoms with Gasteiger partial charge in [-0.05, 0) is 50.9 Å². The largest absolute Gasteiger partial charge is 0.497 e. The Morgan fingerprint density at radius 3 is 2.90 bits per heavy atom. The SMILES string of the molecule is CCn1ccnc1CN1CC[C@@]2(CCCN(Cc3cc(OC)ccc3F)C2=O)C1. The number of halogens is 1. The first-order chi connectivity index (χ1) is 14.0. The minimum atomic E-state index is -0.350. The van der Waals surface area contributed by atoms with Crippen LogP contribution in [0.3, 0.4) is 0 Å². The Morgan fingerprint density at radius 2 is 2.10 bits per heavy atom. The lowest BCUT2D eigenvalue weighted by atomic mass is 9.78. The Hall–Kier alpha value is -2.41. The highest BCUT2D eigenvalue weighted by atomic mass is 19.1. The summed E-state index contributed by atoms with van der Waals surface area (Å²) < 4.78 is 21.7. The first kappa shape index (κ1) is 19.9. The quantitative estimate of drug-likeness (QED) is 0.748. The molecule has 3 heterocycles. The molecule has 1 aromatic heterocycles. The summed E-state index contributed by atoms with van der Waals surface area (Å²) >= 11 is 0. The summed E-state index contributed by atoms with van der Waals surface area (Å²) in [6, 6.07) is 4.70. The first-order valence-corrected chi connectivity index (χ1v) is 10.4. The summed E-state index contributed by atoms with van der Waals surface area (Å²) in [5, 5.41) is 0. The minimum Gasteiger partial charge on any atom is -0.497 e. The Balaban J connectivity index is 1.46. The number of carbonyl (C=O) groups is 1. The average molecular weight is 400 g/mol.